The first-order chi connectivity index (χ1) is 25.4. The lowest BCUT2D eigenvalue weighted by Crippen LogP contribution is -2.17. The Bertz CT molecular complexity index is 2090. The van der Waals surface area contributed by atoms with Crippen LogP contribution in [0.1, 0.15) is 35.3 Å². The van der Waals surface area contributed by atoms with Crippen molar-refractivity contribution in [2.75, 3.05) is 23.5 Å². The van der Waals surface area contributed by atoms with Crippen LogP contribution in [0.15, 0.2) is 193 Å². The molecule has 0 N–H and O–H groups in total. The van der Waals surface area contributed by atoms with Crippen LogP contribution in [0.25, 0.3) is 0 Å². The van der Waals surface area contributed by atoms with Crippen LogP contribution in [0.3, 0.4) is 0 Å². The summed E-state index contributed by atoms with van der Waals surface area (Å²) in [5.74, 6) is 1.51. The zero-order valence-corrected chi connectivity index (χ0v) is 30.1. The SMILES string of the molecule is C/C=C(\C=C/COC)N(c1ccccc1)c1ccc(N(C2=CC=C(Oc3ccc(C(=O)c4ccc(C)cc4)cc3)C(C)C=C2)c2ccccc2)cc1. The second-order valence-electron chi connectivity index (χ2n) is 12.6. The zero-order chi connectivity index (χ0) is 36.3. The Balaban J connectivity index is 1.28. The van der Waals surface area contributed by atoms with Gasteiger partial charge in [0.1, 0.15) is 11.5 Å². The Morgan fingerprint density at radius 2 is 1.27 bits per heavy atom. The number of methoxy groups -OCH3 is 1. The van der Waals surface area contributed by atoms with Gasteiger partial charge in [-0.3, -0.25) is 4.79 Å². The highest BCUT2D eigenvalue weighted by Gasteiger charge is 2.19. The van der Waals surface area contributed by atoms with E-state index in [1.807, 2.05) is 86.7 Å². The van der Waals surface area contributed by atoms with Gasteiger partial charge >= 0.3 is 0 Å². The lowest BCUT2D eigenvalue weighted by molar-refractivity contribution is 0.103. The number of carbonyl (C=O) groups is 1. The van der Waals surface area contributed by atoms with Gasteiger partial charge < -0.3 is 19.3 Å². The van der Waals surface area contributed by atoms with Crippen LogP contribution in [-0.4, -0.2) is 19.5 Å². The maximum absolute atomic E-state index is 13.0. The minimum atomic E-state index is -0.00731. The number of anilines is 4. The predicted molar refractivity (Wildman–Crippen MR) is 215 cm³/mol. The molecule has 0 saturated carbocycles. The number of hydrogen-bond acceptors (Lipinski definition) is 5. The van der Waals surface area contributed by atoms with Crippen LogP contribution in [0.2, 0.25) is 0 Å². The van der Waals surface area contributed by atoms with Crippen molar-refractivity contribution < 1.29 is 14.3 Å². The molecule has 0 radical (unpaired) electrons. The van der Waals surface area contributed by atoms with Crippen molar-refractivity contribution in [1.29, 1.82) is 0 Å². The summed E-state index contributed by atoms with van der Waals surface area (Å²) < 4.78 is 11.7. The van der Waals surface area contributed by atoms with E-state index in [9.17, 15) is 4.79 Å². The molecule has 1 atom stereocenters. The van der Waals surface area contributed by atoms with Gasteiger partial charge in [0.05, 0.1) is 6.61 Å². The Morgan fingerprint density at radius 3 is 1.88 bits per heavy atom. The molecule has 0 aliphatic heterocycles. The molecule has 6 rings (SSSR count). The Hall–Kier alpha value is -6.17. The smallest absolute Gasteiger partial charge is 0.193 e. The Kier molecular flexibility index (Phi) is 11.8. The van der Waals surface area contributed by atoms with Crippen LogP contribution in [0, 0.1) is 12.8 Å². The molecule has 0 amide bonds. The van der Waals surface area contributed by atoms with E-state index in [4.69, 9.17) is 9.47 Å². The molecule has 0 aromatic heterocycles. The molecule has 1 unspecified atom stereocenters. The fourth-order valence-corrected chi connectivity index (χ4v) is 6.03. The third-order valence-electron chi connectivity index (χ3n) is 8.85. The molecule has 260 valence electrons. The standard InChI is InChI=1S/C47H44N2O3/c1-5-39(17-12-34-51-4)48(40-13-8-6-9-14-40)43-26-28-44(29-27-43)49(41-15-10-7-11-16-41)42-25-20-36(3)46(33-30-42)52-45-31-23-38(24-32-45)47(50)37-21-18-35(2)19-22-37/h5-33,36H,34H2,1-4H3/b17-12-,39-5+. The number of aryl methyl sites for hydroxylation is 1. The lowest BCUT2D eigenvalue weighted by atomic mass is 10.0. The zero-order valence-electron chi connectivity index (χ0n) is 30.1. The highest BCUT2D eigenvalue weighted by molar-refractivity contribution is 6.09. The molecule has 1 aliphatic carbocycles. The minimum absolute atomic E-state index is 0.00731. The van der Waals surface area contributed by atoms with Crippen LogP contribution in [-0.2, 0) is 4.74 Å². The van der Waals surface area contributed by atoms with E-state index < -0.39 is 0 Å². The van der Waals surface area contributed by atoms with Gasteiger partial charge in [0.25, 0.3) is 0 Å². The molecular weight excluding hydrogens is 641 g/mol. The van der Waals surface area contributed by atoms with Crippen LogP contribution in [0.5, 0.6) is 5.75 Å². The summed E-state index contributed by atoms with van der Waals surface area (Å²) in [6.07, 6.45) is 14.7. The van der Waals surface area contributed by atoms with Crippen LogP contribution >= 0.6 is 0 Å². The molecule has 0 bridgehead atoms. The first-order valence-corrected chi connectivity index (χ1v) is 17.6. The topological polar surface area (TPSA) is 42.0 Å². The number of ether oxygens (including phenoxy) is 2. The second kappa shape index (κ2) is 17.2. The van der Waals surface area contributed by atoms with E-state index in [0.29, 0.717) is 23.5 Å². The van der Waals surface area contributed by atoms with Gasteiger partial charge in [-0.15, -0.1) is 0 Å². The molecule has 0 heterocycles. The second-order valence-corrected chi connectivity index (χ2v) is 12.6. The van der Waals surface area contributed by atoms with Gasteiger partial charge in [-0.05, 0) is 111 Å². The van der Waals surface area contributed by atoms with E-state index in [1.165, 1.54) is 0 Å². The number of para-hydroxylation sites is 2. The van der Waals surface area contributed by atoms with Gasteiger partial charge in [0.15, 0.2) is 5.78 Å². The summed E-state index contributed by atoms with van der Waals surface area (Å²) >= 11 is 0. The summed E-state index contributed by atoms with van der Waals surface area (Å²) in [6.45, 7) is 6.72. The average molecular weight is 685 g/mol. The van der Waals surface area contributed by atoms with Gasteiger partial charge in [-0.2, -0.15) is 0 Å². The quantitative estimate of drug-likeness (QED) is 0.0912. The van der Waals surface area contributed by atoms with Gasteiger partial charge in [-0.25, -0.2) is 0 Å². The number of carbonyl (C=O) groups excluding carboxylic acids is 1. The fourth-order valence-electron chi connectivity index (χ4n) is 6.03. The summed E-state index contributed by atoms with van der Waals surface area (Å²) in [7, 11) is 1.70. The van der Waals surface area contributed by atoms with E-state index >= 15 is 0 Å². The van der Waals surface area contributed by atoms with Crippen LogP contribution < -0.4 is 14.5 Å². The highest BCUT2D eigenvalue weighted by atomic mass is 16.5. The maximum atomic E-state index is 13.0. The monoisotopic (exact) mass is 684 g/mol. The summed E-state index contributed by atoms with van der Waals surface area (Å²) in [5.41, 5.74) is 8.64. The Labute approximate surface area is 307 Å². The van der Waals surface area contributed by atoms with Gasteiger partial charge in [0.2, 0.25) is 0 Å². The van der Waals surface area contributed by atoms with Crippen molar-refractivity contribution in [2.45, 2.75) is 20.8 Å². The molecule has 5 aromatic carbocycles. The van der Waals surface area contributed by atoms with Crippen molar-refractivity contribution in [2.24, 2.45) is 5.92 Å². The first-order valence-electron chi connectivity index (χ1n) is 17.6. The maximum Gasteiger partial charge on any atom is 0.193 e. The Morgan fingerprint density at radius 1 is 0.712 bits per heavy atom. The lowest BCUT2D eigenvalue weighted by Gasteiger charge is -2.29. The number of rotatable bonds is 13. The molecular formula is C47H44N2O3. The average Bonchev–Trinajstić information content (AvgIpc) is 3.36. The minimum Gasteiger partial charge on any atom is -0.461 e. The van der Waals surface area contributed by atoms with Crippen molar-refractivity contribution in [3.05, 3.63) is 210 Å². The van der Waals surface area contributed by atoms with Crippen LogP contribution in [0.4, 0.5) is 22.7 Å². The highest BCUT2D eigenvalue weighted by Crippen LogP contribution is 2.36. The van der Waals surface area contributed by atoms with Crippen molar-refractivity contribution in [1.82, 2.24) is 0 Å². The number of hydrogen-bond donors (Lipinski definition) is 0. The van der Waals surface area contributed by atoms with E-state index in [-0.39, 0.29) is 11.7 Å². The van der Waals surface area contributed by atoms with E-state index in [0.717, 1.165) is 45.5 Å². The fraction of sp³-hybridized carbons (Fsp3) is 0.128. The van der Waals surface area contributed by atoms with Crippen molar-refractivity contribution in [3.63, 3.8) is 0 Å². The summed E-state index contributed by atoms with van der Waals surface area (Å²) in [4.78, 5) is 17.5. The van der Waals surface area contributed by atoms with Crippen molar-refractivity contribution >= 4 is 28.5 Å². The molecule has 5 heteroatoms. The third kappa shape index (κ3) is 8.58. The summed E-state index contributed by atoms with van der Waals surface area (Å²) in [6, 6.07) is 44.4. The molecule has 0 saturated heterocycles. The first kappa shape index (κ1) is 35.6. The molecule has 5 nitrogen and oxygen atoms in total. The molecule has 0 fully saturated rings. The third-order valence-corrected chi connectivity index (χ3v) is 8.85. The number of benzene rings is 5. The van der Waals surface area contributed by atoms with Gasteiger partial charge in [0, 0.05) is 58.3 Å². The number of nitrogens with zero attached hydrogens (tertiary/aromatic N) is 2. The van der Waals surface area contributed by atoms with Gasteiger partial charge in [-0.1, -0.05) is 91.4 Å². The summed E-state index contributed by atoms with van der Waals surface area (Å²) in [5, 5.41) is 0. The molecule has 1 aliphatic rings. The number of allylic oxidation sites excluding steroid dienone is 6. The molecule has 5 aromatic rings. The number of ketones is 1. The normalized spacial score (nSPS) is 14.4. The largest absolute Gasteiger partial charge is 0.461 e. The van der Waals surface area contributed by atoms with Crippen molar-refractivity contribution in [3.8, 4) is 5.75 Å². The van der Waals surface area contributed by atoms with E-state index in [1.54, 1.807) is 7.11 Å². The molecule has 52 heavy (non-hydrogen) atoms. The molecule has 0 spiro atoms. The van der Waals surface area contributed by atoms with E-state index in [2.05, 4.69) is 120 Å². The predicted octanol–water partition coefficient (Wildman–Crippen LogP) is 11.7.